The monoisotopic (exact) mass is 233 g/mol. The first-order chi connectivity index (χ1) is 8.29. The molecule has 1 fully saturated rings. The molecule has 1 atom stereocenters. The predicted molar refractivity (Wildman–Crippen MR) is 70.9 cm³/mol. The molecule has 94 valence electrons. The topological polar surface area (TPSA) is 28.2 Å². The fraction of sp³-hybridized carbons (Fsp3) is 0.643. The van der Waals surface area contributed by atoms with Crippen molar-refractivity contribution >= 4 is 0 Å². The average molecular weight is 233 g/mol. The van der Waals surface area contributed by atoms with Gasteiger partial charge in [-0.15, -0.1) is 0 Å². The Kier molecular flexibility index (Phi) is 4.51. The quantitative estimate of drug-likeness (QED) is 0.861. The van der Waals surface area contributed by atoms with Gasteiger partial charge in [-0.2, -0.15) is 0 Å². The van der Waals surface area contributed by atoms with Gasteiger partial charge < -0.3 is 5.32 Å². The van der Waals surface area contributed by atoms with Crippen molar-refractivity contribution in [2.24, 2.45) is 0 Å². The summed E-state index contributed by atoms with van der Waals surface area (Å²) < 4.78 is 0. The van der Waals surface area contributed by atoms with Crippen LogP contribution in [0.1, 0.15) is 31.2 Å². The highest BCUT2D eigenvalue weighted by Crippen LogP contribution is 2.13. The molecule has 0 aliphatic carbocycles. The molecule has 1 saturated heterocycles. The van der Waals surface area contributed by atoms with E-state index >= 15 is 0 Å². The Bertz CT molecular complexity index is 345. The maximum Gasteiger partial charge on any atom is 0.0547 e. The summed E-state index contributed by atoms with van der Waals surface area (Å²) in [6, 6.07) is 6.97. The van der Waals surface area contributed by atoms with Gasteiger partial charge in [0.1, 0.15) is 0 Å². The van der Waals surface area contributed by atoms with Crippen LogP contribution in [0.5, 0.6) is 0 Å². The lowest BCUT2D eigenvalue weighted by atomic mass is 10.1. The molecular formula is C14H23N3. The molecule has 17 heavy (non-hydrogen) atoms. The second kappa shape index (κ2) is 6.12. The fourth-order valence-electron chi connectivity index (χ4n) is 2.54. The van der Waals surface area contributed by atoms with E-state index in [0.29, 0.717) is 6.04 Å². The van der Waals surface area contributed by atoms with Gasteiger partial charge in [0.05, 0.1) is 5.69 Å². The first-order valence-corrected chi connectivity index (χ1v) is 6.67. The molecule has 1 N–H and O–H groups in total. The second-order valence-corrected chi connectivity index (χ2v) is 4.83. The minimum absolute atomic E-state index is 0.677. The smallest absolute Gasteiger partial charge is 0.0547 e. The van der Waals surface area contributed by atoms with E-state index in [1.165, 1.54) is 25.1 Å². The van der Waals surface area contributed by atoms with E-state index in [4.69, 9.17) is 0 Å². The summed E-state index contributed by atoms with van der Waals surface area (Å²) in [6.45, 7) is 8.68. The number of pyridine rings is 1. The summed E-state index contributed by atoms with van der Waals surface area (Å²) in [5.41, 5.74) is 2.30. The van der Waals surface area contributed by atoms with Crippen LogP contribution in [0.4, 0.5) is 0 Å². The molecule has 0 aromatic carbocycles. The third kappa shape index (κ3) is 3.51. The van der Waals surface area contributed by atoms with Gasteiger partial charge in [-0.25, -0.2) is 0 Å². The second-order valence-electron chi connectivity index (χ2n) is 4.83. The lowest BCUT2D eigenvalue weighted by Gasteiger charge is -2.33. The average Bonchev–Trinajstić information content (AvgIpc) is 2.37. The lowest BCUT2D eigenvalue weighted by molar-refractivity contribution is 0.164. The molecule has 0 saturated carbocycles. The van der Waals surface area contributed by atoms with Crippen LogP contribution < -0.4 is 5.32 Å². The molecule has 0 amide bonds. The Morgan fingerprint density at radius 1 is 1.47 bits per heavy atom. The van der Waals surface area contributed by atoms with E-state index in [0.717, 1.165) is 25.3 Å². The first kappa shape index (κ1) is 12.5. The summed E-state index contributed by atoms with van der Waals surface area (Å²) in [7, 11) is 0. The summed E-state index contributed by atoms with van der Waals surface area (Å²) in [5, 5.41) is 3.48. The van der Waals surface area contributed by atoms with Crippen molar-refractivity contribution in [2.75, 3.05) is 19.6 Å². The van der Waals surface area contributed by atoms with Gasteiger partial charge in [-0.3, -0.25) is 9.88 Å². The molecule has 0 spiro atoms. The first-order valence-electron chi connectivity index (χ1n) is 6.67. The maximum absolute atomic E-state index is 4.59. The number of likely N-dealkylation sites (N-methyl/N-ethyl adjacent to an activating group) is 1. The highest BCUT2D eigenvalue weighted by atomic mass is 15.2. The Balaban J connectivity index is 1.98. The molecule has 2 rings (SSSR count). The largest absolute Gasteiger partial charge is 0.315 e. The number of rotatable bonds is 4. The summed E-state index contributed by atoms with van der Waals surface area (Å²) >= 11 is 0. The van der Waals surface area contributed by atoms with E-state index in [1.807, 2.05) is 0 Å². The van der Waals surface area contributed by atoms with E-state index in [9.17, 15) is 0 Å². The van der Waals surface area contributed by atoms with Crippen LogP contribution in [-0.2, 0) is 6.54 Å². The molecule has 3 heteroatoms. The number of aromatic nitrogens is 1. The van der Waals surface area contributed by atoms with Gasteiger partial charge in [0.25, 0.3) is 0 Å². The molecule has 1 aliphatic rings. The van der Waals surface area contributed by atoms with Crippen LogP contribution in [0.15, 0.2) is 18.2 Å². The molecular weight excluding hydrogens is 210 g/mol. The van der Waals surface area contributed by atoms with Crippen LogP contribution in [0.2, 0.25) is 0 Å². The summed E-state index contributed by atoms with van der Waals surface area (Å²) in [4.78, 5) is 7.13. The highest BCUT2D eigenvalue weighted by Gasteiger charge is 2.19. The number of hydrogen-bond acceptors (Lipinski definition) is 3. The fourth-order valence-corrected chi connectivity index (χ4v) is 2.54. The van der Waals surface area contributed by atoms with E-state index in [2.05, 4.69) is 47.2 Å². The molecule has 1 aromatic heterocycles. The van der Waals surface area contributed by atoms with Crippen LogP contribution in [0, 0.1) is 6.92 Å². The van der Waals surface area contributed by atoms with Crippen molar-refractivity contribution in [1.29, 1.82) is 0 Å². The maximum atomic E-state index is 4.59. The minimum atomic E-state index is 0.677. The normalized spacial score (nSPS) is 20.8. The van der Waals surface area contributed by atoms with Gasteiger partial charge in [0, 0.05) is 24.8 Å². The van der Waals surface area contributed by atoms with Crippen LogP contribution in [0.3, 0.4) is 0 Å². The minimum Gasteiger partial charge on any atom is -0.315 e. The van der Waals surface area contributed by atoms with E-state index < -0.39 is 0 Å². The van der Waals surface area contributed by atoms with Crippen LogP contribution >= 0.6 is 0 Å². The molecule has 1 aromatic rings. The number of aryl methyl sites for hydroxylation is 1. The van der Waals surface area contributed by atoms with Gasteiger partial charge in [-0.05, 0) is 45.0 Å². The number of piperidine rings is 1. The third-order valence-corrected chi connectivity index (χ3v) is 3.50. The van der Waals surface area contributed by atoms with E-state index in [1.54, 1.807) is 0 Å². The Hall–Kier alpha value is -0.930. The predicted octanol–water partition coefficient (Wildman–Crippen LogP) is 1.96. The molecule has 3 nitrogen and oxygen atoms in total. The van der Waals surface area contributed by atoms with E-state index in [-0.39, 0.29) is 0 Å². The molecule has 1 unspecified atom stereocenters. The molecule has 0 bridgehead atoms. The van der Waals surface area contributed by atoms with Crippen molar-refractivity contribution in [1.82, 2.24) is 15.2 Å². The van der Waals surface area contributed by atoms with Crippen LogP contribution in [-0.4, -0.2) is 35.6 Å². The lowest BCUT2D eigenvalue weighted by Crippen LogP contribution is -2.45. The summed E-state index contributed by atoms with van der Waals surface area (Å²) in [5.74, 6) is 0. The number of hydrogen-bond donors (Lipinski definition) is 1. The number of nitrogens with one attached hydrogen (secondary N) is 1. The zero-order chi connectivity index (χ0) is 12.1. The Morgan fingerprint density at radius 3 is 3.00 bits per heavy atom. The SMILES string of the molecule is CCN(Cc1cccc(C)n1)C1CCCNC1. The number of nitrogens with zero attached hydrogens (tertiary/aromatic N) is 2. The highest BCUT2D eigenvalue weighted by molar-refractivity contribution is 5.10. The molecule has 2 heterocycles. The van der Waals surface area contributed by atoms with Gasteiger partial charge in [-0.1, -0.05) is 13.0 Å². The third-order valence-electron chi connectivity index (χ3n) is 3.50. The van der Waals surface area contributed by atoms with Crippen molar-refractivity contribution in [2.45, 2.75) is 39.3 Å². The Labute approximate surface area is 104 Å². The van der Waals surface area contributed by atoms with Crippen molar-refractivity contribution in [3.05, 3.63) is 29.6 Å². The molecule has 0 radical (unpaired) electrons. The van der Waals surface area contributed by atoms with Gasteiger partial charge in [0.2, 0.25) is 0 Å². The van der Waals surface area contributed by atoms with Gasteiger partial charge >= 0.3 is 0 Å². The Morgan fingerprint density at radius 2 is 2.35 bits per heavy atom. The van der Waals surface area contributed by atoms with Crippen molar-refractivity contribution < 1.29 is 0 Å². The summed E-state index contributed by atoms with van der Waals surface area (Å²) in [6.07, 6.45) is 2.61. The van der Waals surface area contributed by atoms with Crippen LogP contribution in [0.25, 0.3) is 0 Å². The van der Waals surface area contributed by atoms with Crippen molar-refractivity contribution in [3.8, 4) is 0 Å². The standard InChI is InChI=1S/C14H23N3/c1-3-17(14-8-5-9-15-10-14)11-13-7-4-6-12(2)16-13/h4,6-7,14-15H,3,5,8-11H2,1-2H3. The zero-order valence-corrected chi connectivity index (χ0v) is 10.9. The van der Waals surface area contributed by atoms with Crippen molar-refractivity contribution in [3.63, 3.8) is 0 Å². The molecule has 1 aliphatic heterocycles. The van der Waals surface area contributed by atoms with Gasteiger partial charge in [0.15, 0.2) is 0 Å². The zero-order valence-electron chi connectivity index (χ0n) is 10.9.